The maximum absolute atomic E-state index is 13.1. The molecule has 0 saturated carbocycles. The van der Waals surface area contributed by atoms with Gasteiger partial charge in [-0.05, 0) is 42.0 Å². The van der Waals surface area contributed by atoms with Crippen LogP contribution in [0.4, 0.5) is 11.4 Å². The summed E-state index contributed by atoms with van der Waals surface area (Å²) in [6.07, 6.45) is 1.81. The average molecular weight is 598 g/mol. The van der Waals surface area contributed by atoms with Crippen molar-refractivity contribution >= 4 is 67.4 Å². The zero-order chi connectivity index (χ0) is 25.9. The first kappa shape index (κ1) is 25.0. The van der Waals surface area contributed by atoms with Crippen LogP contribution in [0.1, 0.15) is 21.6 Å². The van der Waals surface area contributed by atoms with Crippen molar-refractivity contribution < 1.29 is 9.21 Å². The Balaban J connectivity index is 1.31. The molecule has 0 aliphatic heterocycles. The number of para-hydroxylation sites is 1. The number of fused-ring (bicyclic) bond motifs is 1. The predicted molar refractivity (Wildman–Crippen MR) is 147 cm³/mol. The van der Waals surface area contributed by atoms with E-state index in [1.165, 1.54) is 0 Å². The van der Waals surface area contributed by atoms with Crippen molar-refractivity contribution in [3.8, 4) is 0 Å². The molecule has 0 radical (unpaired) electrons. The Hall–Kier alpha value is -3.66. The molecule has 0 aliphatic rings. The zero-order valence-electron chi connectivity index (χ0n) is 19.1. The van der Waals surface area contributed by atoms with E-state index in [0.29, 0.717) is 45.8 Å². The van der Waals surface area contributed by atoms with E-state index in [1.807, 2.05) is 48.7 Å². The standard InChI is InChI=1S/C26H19BrCl2N6O2/c27-17-8-9-21(31-12-18-14-35(34-33-18)13-16-5-3-6-20(28)24(16)29)22(11-17)32-26(36)19-10-15-4-1-2-7-23(15)37-25(19)30/h1-11,14,30-31H,12-13H2,(H,32,36). The molecule has 0 spiro atoms. The number of anilines is 2. The molecule has 0 saturated heterocycles. The fourth-order valence-electron chi connectivity index (χ4n) is 3.74. The van der Waals surface area contributed by atoms with Gasteiger partial charge in [0.1, 0.15) is 16.8 Å². The molecule has 0 fully saturated rings. The Morgan fingerprint density at radius 3 is 2.76 bits per heavy atom. The van der Waals surface area contributed by atoms with Crippen molar-refractivity contribution in [3.05, 3.63) is 110 Å². The summed E-state index contributed by atoms with van der Waals surface area (Å²) < 4.78 is 7.98. The molecule has 0 bridgehead atoms. The Morgan fingerprint density at radius 2 is 1.89 bits per heavy atom. The van der Waals surface area contributed by atoms with Crippen LogP contribution in [0.25, 0.3) is 11.0 Å². The molecule has 0 aliphatic carbocycles. The van der Waals surface area contributed by atoms with E-state index in [4.69, 9.17) is 33.0 Å². The van der Waals surface area contributed by atoms with E-state index in [1.54, 1.807) is 28.9 Å². The minimum absolute atomic E-state index is 0.132. The first-order valence-corrected chi connectivity index (χ1v) is 12.7. The highest BCUT2D eigenvalue weighted by Crippen LogP contribution is 2.28. The fourth-order valence-corrected chi connectivity index (χ4v) is 4.48. The Labute approximate surface area is 229 Å². The Morgan fingerprint density at radius 1 is 1.05 bits per heavy atom. The highest BCUT2D eigenvalue weighted by atomic mass is 79.9. The van der Waals surface area contributed by atoms with Gasteiger partial charge in [-0.25, -0.2) is 4.68 Å². The van der Waals surface area contributed by atoms with Gasteiger partial charge in [0.25, 0.3) is 5.91 Å². The van der Waals surface area contributed by atoms with Gasteiger partial charge in [-0.2, -0.15) is 0 Å². The summed E-state index contributed by atoms with van der Waals surface area (Å²) in [5, 5.41) is 24.4. The van der Waals surface area contributed by atoms with Gasteiger partial charge in [-0.3, -0.25) is 10.2 Å². The van der Waals surface area contributed by atoms with Crippen LogP contribution in [0, 0.1) is 5.41 Å². The lowest BCUT2D eigenvalue weighted by Gasteiger charge is -2.13. The predicted octanol–water partition coefficient (Wildman–Crippen LogP) is 6.49. The number of benzene rings is 3. The van der Waals surface area contributed by atoms with Gasteiger partial charge in [0.2, 0.25) is 5.55 Å². The van der Waals surface area contributed by atoms with Gasteiger partial charge in [-0.1, -0.05) is 74.7 Å². The molecule has 186 valence electrons. The number of hydrogen-bond acceptors (Lipinski definition) is 6. The Kier molecular flexibility index (Phi) is 7.27. The van der Waals surface area contributed by atoms with Crippen molar-refractivity contribution in [2.45, 2.75) is 13.1 Å². The maximum Gasteiger partial charge on any atom is 0.261 e. The smallest absolute Gasteiger partial charge is 0.261 e. The normalized spacial score (nSPS) is 11.0. The molecular formula is C26H19BrCl2N6O2. The molecule has 37 heavy (non-hydrogen) atoms. The molecule has 0 atom stereocenters. The second-order valence-corrected chi connectivity index (χ2v) is 9.85. The zero-order valence-corrected chi connectivity index (χ0v) is 22.2. The number of carbonyl (C=O) groups is 1. The molecule has 8 nitrogen and oxygen atoms in total. The number of nitrogens with zero attached hydrogens (tertiary/aromatic N) is 3. The van der Waals surface area contributed by atoms with Crippen molar-refractivity contribution in [2.24, 2.45) is 0 Å². The van der Waals surface area contributed by atoms with E-state index in [0.717, 1.165) is 15.4 Å². The summed E-state index contributed by atoms with van der Waals surface area (Å²) in [5.41, 5.74) is 3.20. The number of amides is 1. The fraction of sp³-hybridized carbons (Fsp3) is 0.0769. The Bertz CT molecular complexity index is 1680. The summed E-state index contributed by atoms with van der Waals surface area (Å²) in [7, 11) is 0. The quantitative estimate of drug-likeness (QED) is 0.199. The number of aromatic nitrogens is 3. The van der Waals surface area contributed by atoms with Crippen LogP contribution in [0.15, 0.2) is 81.8 Å². The molecule has 2 heterocycles. The maximum atomic E-state index is 13.1. The molecule has 5 rings (SSSR count). The van der Waals surface area contributed by atoms with Crippen molar-refractivity contribution in [1.82, 2.24) is 15.0 Å². The SMILES string of the molecule is N=c1oc2ccccc2cc1C(=O)Nc1cc(Br)ccc1NCc1cn(Cc2cccc(Cl)c2Cl)nn1. The van der Waals surface area contributed by atoms with Crippen LogP contribution in [0.2, 0.25) is 10.0 Å². The topological polar surface area (TPSA) is 109 Å². The monoisotopic (exact) mass is 596 g/mol. The van der Waals surface area contributed by atoms with Gasteiger partial charge < -0.3 is 15.1 Å². The summed E-state index contributed by atoms with van der Waals surface area (Å²) in [6.45, 7) is 0.793. The van der Waals surface area contributed by atoms with E-state index in [9.17, 15) is 4.79 Å². The van der Waals surface area contributed by atoms with Crippen LogP contribution in [-0.2, 0) is 13.1 Å². The molecule has 3 N–H and O–H groups in total. The number of carbonyl (C=O) groups excluding carboxylic acids is 1. The molecule has 2 aromatic heterocycles. The van der Waals surface area contributed by atoms with Gasteiger partial charge in [0.15, 0.2) is 0 Å². The van der Waals surface area contributed by atoms with E-state index in [2.05, 4.69) is 36.9 Å². The molecule has 5 aromatic rings. The van der Waals surface area contributed by atoms with Crippen LogP contribution in [0.5, 0.6) is 0 Å². The van der Waals surface area contributed by atoms with Crippen LogP contribution < -0.4 is 16.2 Å². The third-order valence-corrected chi connectivity index (χ3v) is 6.91. The molecule has 11 heteroatoms. The first-order chi connectivity index (χ1) is 17.9. The lowest BCUT2D eigenvalue weighted by Crippen LogP contribution is -2.21. The van der Waals surface area contributed by atoms with Crippen molar-refractivity contribution in [3.63, 3.8) is 0 Å². The van der Waals surface area contributed by atoms with Crippen molar-refractivity contribution in [1.29, 1.82) is 5.41 Å². The molecular weight excluding hydrogens is 579 g/mol. The minimum atomic E-state index is -0.454. The lowest BCUT2D eigenvalue weighted by atomic mass is 10.1. The van der Waals surface area contributed by atoms with Crippen LogP contribution >= 0.6 is 39.1 Å². The second kappa shape index (κ2) is 10.8. The third-order valence-electron chi connectivity index (χ3n) is 5.56. The highest BCUT2D eigenvalue weighted by Gasteiger charge is 2.15. The number of nitrogens with one attached hydrogen (secondary N) is 3. The second-order valence-electron chi connectivity index (χ2n) is 8.15. The largest absolute Gasteiger partial charge is 0.438 e. The van der Waals surface area contributed by atoms with E-state index < -0.39 is 5.91 Å². The van der Waals surface area contributed by atoms with Gasteiger partial charge in [0.05, 0.1) is 40.7 Å². The number of hydrogen-bond donors (Lipinski definition) is 3. The summed E-state index contributed by atoms with van der Waals surface area (Å²) in [5.74, 6) is -0.454. The summed E-state index contributed by atoms with van der Waals surface area (Å²) in [6, 6.07) is 19.8. The summed E-state index contributed by atoms with van der Waals surface area (Å²) in [4.78, 5) is 13.1. The first-order valence-electron chi connectivity index (χ1n) is 11.1. The lowest BCUT2D eigenvalue weighted by molar-refractivity contribution is 0.102. The molecule has 0 unspecified atom stereocenters. The van der Waals surface area contributed by atoms with Gasteiger partial charge >= 0.3 is 0 Å². The number of rotatable bonds is 7. The third kappa shape index (κ3) is 5.69. The van der Waals surface area contributed by atoms with E-state index >= 15 is 0 Å². The number of halogens is 3. The average Bonchev–Trinajstić information content (AvgIpc) is 3.33. The highest BCUT2D eigenvalue weighted by molar-refractivity contribution is 9.10. The van der Waals surface area contributed by atoms with E-state index in [-0.39, 0.29) is 11.1 Å². The van der Waals surface area contributed by atoms with Crippen LogP contribution in [0.3, 0.4) is 0 Å². The van der Waals surface area contributed by atoms with Crippen LogP contribution in [-0.4, -0.2) is 20.9 Å². The molecule has 1 amide bonds. The van der Waals surface area contributed by atoms with Gasteiger partial charge in [-0.15, -0.1) is 5.10 Å². The minimum Gasteiger partial charge on any atom is -0.438 e. The molecule has 3 aromatic carbocycles. The van der Waals surface area contributed by atoms with Crippen molar-refractivity contribution in [2.75, 3.05) is 10.6 Å². The van der Waals surface area contributed by atoms with Gasteiger partial charge in [0, 0.05) is 9.86 Å². The summed E-state index contributed by atoms with van der Waals surface area (Å²) >= 11 is 15.8.